The highest BCUT2D eigenvalue weighted by atomic mass is 32.2. The Labute approximate surface area is 106 Å². The van der Waals surface area contributed by atoms with Gasteiger partial charge in [-0.2, -0.15) is 11.8 Å². The van der Waals surface area contributed by atoms with Crippen LogP contribution in [0.1, 0.15) is 12.8 Å². The molecule has 2 N–H and O–H groups in total. The smallest absolute Gasteiger partial charge is 0.311 e. The van der Waals surface area contributed by atoms with E-state index in [9.17, 15) is 9.59 Å². The normalized spacial score (nSPS) is 22.1. The molecule has 2 rings (SSSR count). The van der Waals surface area contributed by atoms with Crippen molar-refractivity contribution < 1.29 is 9.59 Å². The van der Waals surface area contributed by atoms with Gasteiger partial charge in [0.05, 0.1) is 0 Å². The molecule has 1 saturated carbocycles. The van der Waals surface area contributed by atoms with Gasteiger partial charge in [-0.25, -0.2) is 0 Å². The third kappa shape index (κ3) is 3.13. The van der Waals surface area contributed by atoms with E-state index in [1.54, 1.807) is 16.7 Å². The molecule has 96 valence electrons. The molecule has 0 radical (unpaired) electrons. The van der Waals surface area contributed by atoms with Crippen LogP contribution in [0.5, 0.6) is 0 Å². The lowest BCUT2D eigenvalue weighted by Gasteiger charge is -2.27. The van der Waals surface area contributed by atoms with E-state index in [1.807, 2.05) is 0 Å². The largest absolute Gasteiger partial charge is 0.346 e. The molecule has 0 bridgehead atoms. The van der Waals surface area contributed by atoms with Gasteiger partial charge in [-0.05, 0) is 19.1 Å². The Morgan fingerprint density at radius 1 is 1.35 bits per heavy atom. The Morgan fingerprint density at radius 2 is 2.00 bits per heavy atom. The summed E-state index contributed by atoms with van der Waals surface area (Å²) in [5.74, 6) is -0.837. The maximum Gasteiger partial charge on any atom is 0.311 e. The predicted octanol–water partition coefficient (Wildman–Crippen LogP) is -0.570. The van der Waals surface area contributed by atoms with Crippen LogP contribution in [-0.4, -0.2) is 60.4 Å². The van der Waals surface area contributed by atoms with Crippen LogP contribution in [-0.2, 0) is 9.59 Å². The van der Waals surface area contributed by atoms with Gasteiger partial charge in [-0.3, -0.25) is 9.59 Å². The van der Waals surface area contributed by atoms with Crippen LogP contribution in [0.25, 0.3) is 0 Å². The summed E-state index contributed by atoms with van der Waals surface area (Å²) >= 11 is 1.78. The van der Waals surface area contributed by atoms with Gasteiger partial charge < -0.3 is 15.5 Å². The molecule has 0 atom stereocenters. The lowest BCUT2D eigenvalue weighted by atomic mass is 10.3. The number of piperazine rings is 1. The minimum Gasteiger partial charge on any atom is -0.346 e. The van der Waals surface area contributed by atoms with Crippen molar-refractivity contribution in [1.29, 1.82) is 0 Å². The molecular weight excluding hydrogens is 238 g/mol. The van der Waals surface area contributed by atoms with Gasteiger partial charge >= 0.3 is 11.8 Å². The van der Waals surface area contributed by atoms with Gasteiger partial charge in [0.1, 0.15) is 0 Å². The Balaban J connectivity index is 1.76. The fourth-order valence-electron chi connectivity index (χ4n) is 1.92. The fourth-order valence-corrected chi connectivity index (χ4v) is 2.65. The highest BCUT2D eigenvalue weighted by Crippen LogP contribution is 2.46. The fraction of sp³-hybridized carbons (Fsp3) is 0.818. The zero-order chi connectivity index (χ0) is 12.3. The van der Waals surface area contributed by atoms with E-state index < -0.39 is 5.91 Å². The second-order valence-electron chi connectivity index (χ2n) is 4.61. The number of nitrogens with one attached hydrogen (secondary N) is 2. The summed E-state index contributed by atoms with van der Waals surface area (Å²) < 4.78 is 0.208. The Bertz CT molecular complexity index is 312. The first kappa shape index (κ1) is 12.7. The van der Waals surface area contributed by atoms with E-state index >= 15 is 0 Å². The average molecular weight is 257 g/mol. The summed E-state index contributed by atoms with van der Waals surface area (Å²) in [5, 5.41) is 5.92. The second kappa shape index (κ2) is 5.27. The van der Waals surface area contributed by atoms with Crippen molar-refractivity contribution in [2.45, 2.75) is 17.6 Å². The van der Waals surface area contributed by atoms with Gasteiger partial charge in [-0.1, -0.05) is 0 Å². The van der Waals surface area contributed by atoms with E-state index in [4.69, 9.17) is 0 Å². The topological polar surface area (TPSA) is 61.4 Å². The number of carbonyl (C=O) groups excluding carboxylic acids is 2. The SMILES string of the molecule is CSC1(CNC(=O)C(=O)N2CCNCC2)CC1. The highest BCUT2D eigenvalue weighted by molar-refractivity contribution is 8.00. The molecule has 0 spiro atoms. The van der Waals surface area contributed by atoms with Crippen LogP contribution in [0.4, 0.5) is 0 Å². The zero-order valence-corrected chi connectivity index (χ0v) is 10.9. The molecule has 5 nitrogen and oxygen atoms in total. The van der Waals surface area contributed by atoms with Crippen LogP contribution in [0.2, 0.25) is 0 Å². The highest BCUT2D eigenvalue weighted by Gasteiger charge is 2.42. The van der Waals surface area contributed by atoms with E-state index in [0.29, 0.717) is 19.6 Å². The second-order valence-corrected chi connectivity index (χ2v) is 5.89. The van der Waals surface area contributed by atoms with Crippen molar-refractivity contribution in [3.8, 4) is 0 Å². The molecule has 1 saturated heterocycles. The number of carbonyl (C=O) groups is 2. The zero-order valence-electron chi connectivity index (χ0n) is 10.1. The van der Waals surface area contributed by atoms with E-state index in [-0.39, 0.29) is 10.7 Å². The first-order chi connectivity index (χ1) is 8.17. The number of nitrogens with zero attached hydrogens (tertiary/aromatic N) is 1. The van der Waals surface area contributed by atoms with E-state index in [1.165, 1.54) is 0 Å². The van der Waals surface area contributed by atoms with Gasteiger partial charge in [0, 0.05) is 37.5 Å². The molecule has 17 heavy (non-hydrogen) atoms. The summed E-state index contributed by atoms with van der Waals surface area (Å²) in [6.45, 7) is 3.41. The number of amides is 2. The predicted molar refractivity (Wildman–Crippen MR) is 67.9 cm³/mol. The monoisotopic (exact) mass is 257 g/mol. The van der Waals surface area contributed by atoms with Gasteiger partial charge in [0.15, 0.2) is 0 Å². The van der Waals surface area contributed by atoms with E-state index in [2.05, 4.69) is 16.9 Å². The summed E-state index contributed by atoms with van der Waals surface area (Å²) in [4.78, 5) is 25.1. The quantitative estimate of drug-likeness (QED) is 0.665. The molecule has 0 aromatic heterocycles. The first-order valence-electron chi connectivity index (χ1n) is 6.00. The van der Waals surface area contributed by atoms with Crippen molar-refractivity contribution >= 4 is 23.6 Å². The van der Waals surface area contributed by atoms with Crippen molar-refractivity contribution in [2.24, 2.45) is 0 Å². The Morgan fingerprint density at radius 3 is 2.53 bits per heavy atom. The van der Waals surface area contributed by atoms with E-state index in [0.717, 1.165) is 25.9 Å². The molecule has 1 aliphatic heterocycles. The third-order valence-corrected chi connectivity index (χ3v) is 4.83. The molecular formula is C11H19N3O2S. The van der Waals surface area contributed by atoms with Crippen LogP contribution in [0.3, 0.4) is 0 Å². The van der Waals surface area contributed by atoms with Gasteiger partial charge in [0.25, 0.3) is 0 Å². The van der Waals surface area contributed by atoms with Crippen LogP contribution in [0, 0.1) is 0 Å². The molecule has 1 heterocycles. The maximum absolute atomic E-state index is 11.8. The number of rotatable bonds is 3. The van der Waals surface area contributed by atoms with Gasteiger partial charge in [-0.15, -0.1) is 0 Å². The molecule has 0 aromatic rings. The maximum atomic E-state index is 11.8. The van der Waals surface area contributed by atoms with Crippen molar-refractivity contribution in [2.75, 3.05) is 39.0 Å². The molecule has 0 unspecified atom stereocenters. The summed E-state index contributed by atoms with van der Waals surface area (Å²) in [5.41, 5.74) is 0. The summed E-state index contributed by atoms with van der Waals surface area (Å²) in [7, 11) is 0. The lowest BCUT2D eigenvalue weighted by molar-refractivity contribution is -0.146. The lowest BCUT2D eigenvalue weighted by Crippen LogP contribution is -2.51. The average Bonchev–Trinajstić information content (AvgIpc) is 3.17. The molecule has 6 heteroatoms. The molecule has 2 amide bonds. The molecule has 2 aliphatic rings. The van der Waals surface area contributed by atoms with Crippen molar-refractivity contribution in [1.82, 2.24) is 15.5 Å². The van der Waals surface area contributed by atoms with Crippen LogP contribution < -0.4 is 10.6 Å². The minimum absolute atomic E-state index is 0.208. The Kier molecular flexibility index (Phi) is 3.93. The van der Waals surface area contributed by atoms with Crippen molar-refractivity contribution in [3.63, 3.8) is 0 Å². The summed E-state index contributed by atoms with van der Waals surface area (Å²) in [6.07, 6.45) is 4.32. The standard InChI is InChI=1S/C11H19N3O2S/c1-17-11(2-3-11)8-13-9(15)10(16)14-6-4-12-5-7-14/h12H,2-8H2,1H3,(H,13,15). The molecule has 1 aliphatic carbocycles. The van der Waals surface area contributed by atoms with Gasteiger partial charge in [0.2, 0.25) is 0 Å². The molecule has 0 aromatic carbocycles. The van der Waals surface area contributed by atoms with Crippen molar-refractivity contribution in [3.05, 3.63) is 0 Å². The number of thioether (sulfide) groups is 1. The third-order valence-electron chi connectivity index (χ3n) is 3.41. The number of hydrogen-bond acceptors (Lipinski definition) is 4. The number of hydrogen-bond donors (Lipinski definition) is 2. The minimum atomic E-state index is -0.452. The van der Waals surface area contributed by atoms with Crippen LogP contribution >= 0.6 is 11.8 Å². The first-order valence-corrected chi connectivity index (χ1v) is 7.22. The Hall–Kier alpha value is -0.750. The van der Waals surface area contributed by atoms with Crippen LogP contribution in [0.15, 0.2) is 0 Å². The molecule has 2 fully saturated rings. The summed E-state index contributed by atoms with van der Waals surface area (Å²) in [6, 6.07) is 0.